The van der Waals surface area contributed by atoms with Crippen molar-refractivity contribution in [2.45, 2.75) is 19.9 Å². The van der Waals surface area contributed by atoms with E-state index in [0.717, 1.165) is 12.0 Å². The zero-order valence-corrected chi connectivity index (χ0v) is 12.8. The fraction of sp³-hybridized carbons (Fsp3) is 0.385. The van der Waals surface area contributed by atoms with Crippen LogP contribution in [0.1, 0.15) is 18.9 Å². The number of thiophene rings is 1. The Kier molecular flexibility index (Phi) is 5.04. The Hall–Kier alpha value is -2.22. The van der Waals surface area contributed by atoms with Gasteiger partial charge in [-0.1, -0.05) is 6.92 Å². The maximum atomic E-state index is 11.4. The van der Waals surface area contributed by atoms with Crippen LogP contribution in [0.25, 0.3) is 0 Å². The summed E-state index contributed by atoms with van der Waals surface area (Å²) in [7, 11) is 1.79. The summed E-state index contributed by atoms with van der Waals surface area (Å²) in [6, 6.07) is 1.99. The van der Waals surface area contributed by atoms with Crippen LogP contribution >= 0.6 is 11.3 Å². The van der Waals surface area contributed by atoms with Crippen molar-refractivity contribution in [1.82, 2.24) is 9.97 Å². The molecule has 0 radical (unpaired) electrons. The summed E-state index contributed by atoms with van der Waals surface area (Å²) in [6.07, 6.45) is 2.21. The van der Waals surface area contributed by atoms with Crippen molar-refractivity contribution in [3.05, 3.63) is 38.8 Å². The van der Waals surface area contributed by atoms with Gasteiger partial charge in [0.1, 0.15) is 6.33 Å². The maximum absolute atomic E-state index is 11.4. The first-order valence-electron chi connectivity index (χ1n) is 6.59. The van der Waals surface area contributed by atoms with Crippen LogP contribution in [0.4, 0.5) is 17.3 Å². The van der Waals surface area contributed by atoms with E-state index in [9.17, 15) is 10.1 Å². The standard InChI is InChI=1S/C13H17N5O2S/c1-3-5-14-12-11(18(19)20)13(16-9-15-12)17(2)7-10-4-6-21-8-10/h4,6,8-9H,3,5,7H2,1-2H3,(H,14,15,16). The molecule has 0 aliphatic carbocycles. The molecule has 21 heavy (non-hydrogen) atoms. The van der Waals surface area contributed by atoms with Crippen LogP contribution in [-0.4, -0.2) is 28.5 Å². The van der Waals surface area contributed by atoms with Crippen molar-refractivity contribution in [2.24, 2.45) is 0 Å². The van der Waals surface area contributed by atoms with E-state index in [1.165, 1.54) is 6.33 Å². The minimum atomic E-state index is -0.433. The second-order valence-corrected chi connectivity index (χ2v) is 5.35. The van der Waals surface area contributed by atoms with Gasteiger partial charge in [-0.3, -0.25) is 10.1 Å². The lowest BCUT2D eigenvalue weighted by molar-refractivity contribution is -0.383. The molecule has 0 fully saturated rings. The van der Waals surface area contributed by atoms with Gasteiger partial charge in [0.15, 0.2) is 0 Å². The summed E-state index contributed by atoms with van der Waals surface area (Å²) in [5.74, 6) is 0.587. The van der Waals surface area contributed by atoms with Gasteiger partial charge in [-0.2, -0.15) is 11.3 Å². The van der Waals surface area contributed by atoms with Crippen molar-refractivity contribution >= 4 is 28.7 Å². The normalized spacial score (nSPS) is 10.4. The average molecular weight is 307 g/mol. The van der Waals surface area contributed by atoms with E-state index in [1.54, 1.807) is 23.3 Å². The predicted molar refractivity (Wildman–Crippen MR) is 83.9 cm³/mol. The molecule has 8 heteroatoms. The summed E-state index contributed by atoms with van der Waals surface area (Å²) in [5.41, 5.74) is 1.02. The molecule has 0 aliphatic heterocycles. The van der Waals surface area contributed by atoms with Gasteiger partial charge in [-0.25, -0.2) is 9.97 Å². The van der Waals surface area contributed by atoms with Crippen LogP contribution in [0.3, 0.4) is 0 Å². The number of rotatable bonds is 7. The Morgan fingerprint density at radius 1 is 1.48 bits per heavy atom. The molecule has 2 heterocycles. The second kappa shape index (κ2) is 6.98. The lowest BCUT2D eigenvalue weighted by Crippen LogP contribution is -2.20. The van der Waals surface area contributed by atoms with E-state index in [2.05, 4.69) is 15.3 Å². The van der Waals surface area contributed by atoms with Crippen LogP contribution < -0.4 is 10.2 Å². The Bertz CT molecular complexity index is 603. The summed E-state index contributed by atoms with van der Waals surface area (Å²) in [4.78, 5) is 20.8. The molecule has 0 spiro atoms. The molecule has 0 aliphatic rings. The van der Waals surface area contributed by atoms with Crippen LogP contribution in [0.5, 0.6) is 0 Å². The third kappa shape index (κ3) is 3.66. The molecule has 0 amide bonds. The van der Waals surface area contributed by atoms with Gasteiger partial charge < -0.3 is 10.2 Å². The molecule has 0 atom stereocenters. The highest BCUT2D eigenvalue weighted by Crippen LogP contribution is 2.31. The molecule has 0 bridgehead atoms. The largest absolute Gasteiger partial charge is 0.364 e. The predicted octanol–water partition coefficient (Wildman–Crippen LogP) is 2.90. The van der Waals surface area contributed by atoms with E-state index in [1.807, 2.05) is 23.8 Å². The molecule has 0 unspecified atom stereocenters. The van der Waals surface area contributed by atoms with Gasteiger partial charge in [-0.15, -0.1) is 0 Å². The molecular weight excluding hydrogens is 290 g/mol. The van der Waals surface area contributed by atoms with E-state index >= 15 is 0 Å². The van der Waals surface area contributed by atoms with Crippen molar-refractivity contribution in [2.75, 3.05) is 23.8 Å². The molecule has 7 nitrogen and oxygen atoms in total. The van der Waals surface area contributed by atoms with Crippen LogP contribution in [0, 0.1) is 10.1 Å². The minimum Gasteiger partial charge on any atom is -0.364 e. The first kappa shape index (κ1) is 15.2. The fourth-order valence-electron chi connectivity index (χ4n) is 1.92. The second-order valence-electron chi connectivity index (χ2n) is 4.57. The highest BCUT2D eigenvalue weighted by atomic mass is 32.1. The first-order chi connectivity index (χ1) is 10.1. The van der Waals surface area contributed by atoms with E-state index < -0.39 is 4.92 Å². The van der Waals surface area contributed by atoms with Crippen LogP contribution in [-0.2, 0) is 6.54 Å². The topological polar surface area (TPSA) is 84.2 Å². The summed E-state index contributed by atoms with van der Waals surface area (Å²) in [6.45, 7) is 3.18. The van der Waals surface area contributed by atoms with E-state index in [-0.39, 0.29) is 11.5 Å². The van der Waals surface area contributed by atoms with Gasteiger partial charge in [0.05, 0.1) is 4.92 Å². The fourth-order valence-corrected chi connectivity index (χ4v) is 2.58. The number of anilines is 2. The number of nitrogens with one attached hydrogen (secondary N) is 1. The zero-order valence-electron chi connectivity index (χ0n) is 11.9. The molecule has 1 N–H and O–H groups in total. The van der Waals surface area contributed by atoms with Gasteiger partial charge in [0.2, 0.25) is 11.6 Å². The van der Waals surface area contributed by atoms with Crippen molar-refractivity contribution in [1.29, 1.82) is 0 Å². The smallest absolute Gasteiger partial charge is 0.353 e. The first-order valence-corrected chi connectivity index (χ1v) is 7.53. The monoisotopic (exact) mass is 307 g/mol. The average Bonchev–Trinajstić information content (AvgIpc) is 2.97. The summed E-state index contributed by atoms with van der Waals surface area (Å²) in [5, 5.41) is 18.3. The molecule has 0 aromatic carbocycles. The molecule has 112 valence electrons. The van der Waals surface area contributed by atoms with Crippen molar-refractivity contribution in [3.63, 3.8) is 0 Å². The highest BCUT2D eigenvalue weighted by Gasteiger charge is 2.25. The SMILES string of the molecule is CCCNc1ncnc(N(C)Cc2ccsc2)c1[N+](=O)[O-]. The summed E-state index contributed by atoms with van der Waals surface area (Å²) < 4.78 is 0. The summed E-state index contributed by atoms with van der Waals surface area (Å²) >= 11 is 1.60. The van der Waals surface area contributed by atoms with E-state index in [4.69, 9.17) is 0 Å². The van der Waals surface area contributed by atoms with Crippen LogP contribution in [0.2, 0.25) is 0 Å². The van der Waals surface area contributed by atoms with Gasteiger partial charge >= 0.3 is 5.69 Å². The molecule has 2 aromatic rings. The zero-order chi connectivity index (χ0) is 15.2. The number of nitrogens with zero attached hydrogens (tertiary/aromatic N) is 4. The Labute approximate surface area is 126 Å². The maximum Gasteiger partial charge on any atom is 0.353 e. The number of nitro groups is 1. The quantitative estimate of drug-likeness (QED) is 0.625. The number of hydrogen-bond acceptors (Lipinski definition) is 7. The van der Waals surface area contributed by atoms with Crippen LogP contribution in [0.15, 0.2) is 23.2 Å². The highest BCUT2D eigenvalue weighted by molar-refractivity contribution is 7.07. The Morgan fingerprint density at radius 3 is 2.90 bits per heavy atom. The lowest BCUT2D eigenvalue weighted by Gasteiger charge is -2.18. The number of aromatic nitrogens is 2. The van der Waals surface area contributed by atoms with Gasteiger partial charge in [0, 0.05) is 20.1 Å². The minimum absolute atomic E-state index is 0.0799. The molecule has 2 rings (SSSR count). The molecular formula is C13H17N5O2S. The van der Waals surface area contributed by atoms with E-state index in [0.29, 0.717) is 18.9 Å². The lowest BCUT2D eigenvalue weighted by atomic mass is 10.3. The Balaban J connectivity index is 2.30. The molecule has 0 saturated carbocycles. The molecule has 2 aromatic heterocycles. The van der Waals surface area contributed by atoms with Crippen molar-refractivity contribution < 1.29 is 4.92 Å². The number of hydrogen-bond donors (Lipinski definition) is 1. The molecule has 0 saturated heterocycles. The Morgan fingerprint density at radius 2 is 2.29 bits per heavy atom. The third-order valence-corrected chi connectivity index (χ3v) is 3.62. The van der Waals surface area contributed by atoms with Gasteiger partial charge in [0.25, 0.3) is 0 Å². The van der Waals surface area contributed by atoms with Gasteiger partial charge in [-0.05, 0) is 28.8 Å². The third-order valence-electron chi connectivity index (χ3n) is 2.89. The van der Waals surface area contributed by atoms with Crippen molar-refractivity contribution in [3.8, 4) is 0 Å².